The minimum absolute atomic E-state index is 0.376. The number of amides is 1. The van der Waals surface area contributed by atoms with E-state index in [0.29, 0.717) is 24.4 Å². The third-order valence-electron chi connectivity index (χ3n) is 4.38. The van der Waals surface area contributed by atoms with E-state index in [1.54, 1.807) is 0 Å². The van der Waals surface area contributed by atoms with E-state index in [4.69, 9.17) is 0 Å². The molecule has 2 fully saturated rings. The van der Waals surface area contributed by atoms with E-state index in [-0.39, 0.29) is 0 Å². The predicted octanol–water partition coefficient (Wildman–Crippen LogP) is 2.95. The lowest BCUT2D eigenvalue weighted by Gasteiger charge is -2.30. The van der Waals surface area contributed by atoms with Gasteiger partial charge in [0.1, 0.15) is 0 Å². The molecule has 0 aromatic rings. The molecule has 2 saturated carbocycles. The van der Waals surface area contributed by atoms with Crippen molar-refractivity contribution in [1.82, 2.24) is 10.2 Å². The zero-order chi connectivity index (χ0) is 13.7. The van der Waals surface area contributed by atoms with Gasteiger partial charge in [0.05, 0.1) is 0 Å². The molecular formula is C16H30N2O. The lowest BCUT2D eigenvalue weighted by Crippen LogP contribution is -2.39. The van der Waals surface area contributed by atoms with Gasteiger partial charge >= 0.3 is 0 Å². The Labute approximate surface area is 118 Å². The minimum atomic E-state index is 0.376. The summed E-state index contributed by atoms with van der Waals surface area (Å²) in [5.74, 6) is 1.15. The van der Waals surface area contributed by atoms with Crippen molar-refractivity contribution in [3.05, 3.63) is 0 Å². The third kappa shape index (κ3) is 5.13. The molecule has 0 radical (unpaired) electrons. The first-order valence-corrected chi connectivity index (χ1v) is 8.19. The summed E-state index contributed by atoms with van der Waals surface area (Å²) >= 11 is 0. The van der Waals surface area contributed by atoms with Gasteiger partial charge in [-0.3, -0.25) is 4.79 Å². The van der Waals surface area contributed by atoms with Crippen molar-refractivity contribution < 1.29 is 4.79 Å². The molecule has 110 valence electrons. The van der Waals surface area contributed by atoms with Crippen LogP contribution in [0.2, 0.25) is 0 Å². The van der Waals surface area contributed by atoms with E-state index in [0.717, 1.165) is 19.0 Å². The smallest absolute Gasteiger partial charge is 0.224 e. The Kier molecular flexibility index (Phi) is 5.68. The van der Waals surface area contributed by atoms with Crippen molar-refractivity contribution in [2.75, 3.05) is 13.1 Å². The molecule has 0 aliphatic heterocycles. The maximum atomic E-state index is 12.4. The highest BCUT2D eigenvalue weighted by Gasteiger charge is 2.33. The van der Waals surface area contributed by atoms with Crippen molar-refractivity contribution in [3.63, 3.8) is 0 Å². The van der Waals surface area contributed by atoms with Gasteiger partial charge in [-0.2, -0.15) is 0 Å². The third-order valence-corrected chi connectivity index (χ3v) is 4.38. The highest BCUT2D eigenvalue weighted by molar-refractivity contribution is 5.77. The largest absolute Gasteiger partial charge is 0.339 e. The Bertz CT molecular complexity index is 280. The van der Waals surface area contributed by atoms with E-state index in [1.807, 2.05) is 0 Å². The average Bonchev–Trinajstić information content (AvgIpc) is 3.21. The maximum absolute atomic E-state index is 12.4. The molecule has 1 amide bonds. The average molecular weight is 266 g/mol. The first-order valence-electron chi connectivity index (χ1n) is 8.19. The highest BCUT2D eigenvalue weighted by Crippen LogP contribution is 2.31. The molecule has 0 unspecified atom stereocenters. The Hall–Kier alpha value is -0.570. The van der Waals surface area contributed by atoms with Crippen LogP contribution in [0.4, 0.5) is 0 Å². The predicted molar refractivity (Wildman–Crippen MR) is 79.1 cm³/mol. The van der Waals surface area contributed by atoms with Crippen LogP contribution in [0.5, 0.6) is 0 Å². The quantitative estimate of drug-likeness (QED) is 0.768. The zero-order valence-electron chi connectivity index (χ0n) is 12.7. The zero-order valence-corrected chi connectivity index (χ0v) is 12.7. The highest BCUT2D eigenvalue weighted by atomic mass is 16.2. The standard InChI is InChI=1S/C16H30N2O/c1-13(2)17-11-10-16(19)18(15-8-9-15)12-14-6-4-3-5-7-14/h13-15,17H,3-12H2,1-2H3. The first-order chi connectivity index (χ1) is 9.16. The van der Waals surface area contributed by atoms with Crippen LogP contribution in [0.25, 0.3) is 0 Å². The number of nitrogens with one attached hydrogen (secondary N) is 1. The van der Waals surface area contributed by atoms with Crippen molar-refractivity contribution >= 4 is 5.91 Å². The van der Waals surface area contributed by atoms with Crippen LogP contribution in [0.15, 0.2) is 0 Å². The fourth-order valence-corrected chi connectivity index (χ4v) is 3.10. The monoisotopic (exact) mass is 266 g/mol. The lowest BCUT2D eigenvalue weighted by atomic mass is 9.89. The Morgan fingerprint density at radius 2 is 1.84 bits per heavy atom. The van der Waals surface area contributed by atoms with Crippen molar-refractivity contribution in [3.8, 4) is 0 Å². The van der Waals surface area contributed by atoms with Gasteiger partial charge in [0.25, 0.3) is 0 Å². The van der Waals surface area contributed by atoms with E-state index < -0.39 is 0 Å². The minimum Gasteiger partial charge on any atom is -0.339 e. The normalized spacial score (nSPS) is 20.8. The summed E-state index contributed by atoms with van der Waals surface area (Å²) in [7, 11) is 0. The Balaban J connectivity index is 1.76. The van der Waals surface area contributed by atoms with Crippen LogP contribution in [0.3, 0.4) is 0 Å². The first kappa shape index (κ1) is 14.8. The van der Waals surface area contributed by atoms with Gasteiger partial charge in [-0.1, -0.05) is 33.1 Å². The molecule has 2 aliphatic rings. The van der Waals surface area contributed by atoms with E-state index in [1.165, 1.54) is 44.9 Å². The molecule has 3 nitrogen and oxygen atoms in total. The molecule has 0 bridgehead atoms. The SMILES string of the molecule is CC(C)NCCC(=O)N(CC1CCCCC1)C1CC1. The molecular weight excluding hydrogens is 236 g/mol. The molecule has 0 heterocycles. The summed E-state index contributed by atoms with van der Waals surface area (Å²) in [5.41, 5.74) is 0. The number of carbonyl (C=O) groups excluding carboxylic acids is 1. The second-order valence-electron chi connectivity index (χ2n) is 6.64. The maximum Gasteiger partial charge on any atom is 0.224 e. The molecule has 19 heavy (non-hydrogen) atoms. The number of carbonyl (C=O) groups is 1. The topological polar surface area (TPSA) is 32.3 Å². The van der Waals surface area contributed by atoms with Crippen LogP contribution in [-0.2, 0) is 4.79 Å². The van der Waals surface area contributed by atoms with Crippen molar-refractivity contribution in [1.29, 1.82) is 0 Å². The fraction of sp³-hybridized carbons (Fsp3) is 0.938. The molecule has 0 aromatic heterocycles. The summed E-state index contributed by atoms with van der Waals surface area (Å²) < 4.78 is 0. The van der Waals surface area contributed by atoms with Crippen molar-refractivity contribution in [2.24, 2.45) is 5.92 Å². The molecule has 1 N–H and O–H groups in total. The van der Waals surface area contributed by atoms with E-state index >= 15 is 0 Å². The van der Waals surface area contributed by atoms with Gasteiger partial charge in [-0.25, -0.2) is 0 Å². The Morgan fingerprint density at radius 1 is 1.16 bits per heavy atom. The second kappa shape index (κ2) is 7.28. The van der Waals surface area contributed by atoms with Gasteiger partial charge in [0.15, 0.2) is 0 Å². The van der Waals surface area contributed by atoms with Crippen LogP contribution in [0, 0.1) is 5.92 Å². The van der Waals surface area contributed by atoms with Gasteiger partial charge in [0, 0.05) is 31.6 Å². The molecule has 3 heteroatoms. The van der Waals surface area contributed by atoms with Gasteiger partial charge in [-0.15, -0.1) is 0 Å². The van der Waals surface area contributed by atoms with Crippen molar-refractivity contribution in [2.45, 2.75) is 77.3 Å². The van der Waals surface area contributed by atoms with Crippen LogP contribution in [-0.4, -0.2) is 36.0 Å². The second-order valence-corrected chi connectivity index (χ2v) is 6.64. The number of hydrogen-bond donors (Lipinski definition) is 1. The van der Waals surface area contributed by atoms with Gasteiger partial charge < -0.3 is 10.2 Å². The fourth-order valence-electron chi connectivity index (χ4n) is 3.10. The summed E-state index contributed by atoms with van der Waals surface area (Å²) in [5, 5.41) is 3.35. The van der Waals surface area contributed by atoms with Crippen LogP contribution in [0.1, 0.15) is 65.2 Å². The molecule has 2 aliphatic carbocycles. The summed E-state index contributed by atoms with van der Waals surface area (Å²) in [6.45, 7) is 6.12. The lowest BCUT2D eigenvalue weighted by molar-refractivity contribution is -0.132. The summed E-state index contributed by atoms with van der Waals surface area (Å²) in [6, 6.07) is 1.05. The summed E-state index contributed by atoms with van der Waals surface area (Å²) in [6.07, 6.45) is 9.93. The van der Waals surface area contributed by atoms with Crippen LogP contribution >= 0.6 is 0 Å². The molecule has 0 spiro atoms. The summed E-state index contributed by atoms with van der Waals surface area (Å²) in [4.78, 5) is 14.6. The van der Waals surface area contributed by atoms with Gasteiger partial charge in [0.2, 0.25) is 5.91 Å². The van der Waals surface area contributed by atoms with Gasteiger partial charge in [-0.05, 0) is 31.6 Å². The number of rotatable bonds is 7. The molecule has 0 atom stereocenters. The number of hydrogen-bond acceptors (Lipinski definition) is 2. The number of nitrogens with zero attached hydrogens (tertiary/aromatic N) is 1. The van der Waals surface area contributed by atoms with E-state index in [2.05, 4.69) is 24.1 Å². The van der Waals surface area contributed by atoms with Crippen LogP contribution < -0.4 is 5.32 Å². The van der Waals surface area contributed by atoms with E-state index in [9.17, 15) is 4.79 Å². The molecule has 0 saturated heterocycles. The molecule has 0 aromatic carbocycles. The Morgan fingerprint density at radius 3 is 2.42 bits per heavy atom. The molecule has 2 rings (SSSR count).